The van der Waals surface area contributed by atoms with Gasteiger partial charge in [-0.3, -0.25) is 0 Å². The van der Waals surface area contributed by atoms with E-state index in [1.165, 1.54) is 12.8 Å². The molecule has 0 amide bonds. The van der Waals surface area contributed by atoms with Gasteiger partial charge in [0, 0.05) is 6.54 Å². The van der Waals surface area contributed by atoms with Gasteiger partial charge >= 0.3 is 0 Å². The van der Waals surface area contributed by atoms with Crippen LogP contribution in [0.3, 0.4) is 0 Å². The highest BCUT2D eigenvalue weighted by Gasteiger charge is 2.15. The molecule has 1 aromatic rings. The predicted octanol–water partition coefficient (Wildman–Crippen LogP) is 1.35. The van der Waals surface area contributed by atoms with Crippen molar-refractivity contribution < 1.29 is 0 Å². The van der Waals surface area contributed by atoms with Gasteiger partial charge in [-0.25, -0.2) is 4.68 Å². The molecular weight excluding hydrogens is 244 g/mol. The Kier molecular flexibility index (Phi) is 3.18. The molecule has 0 unspecified atom stereocenters. The Labute approximate surface area is 92.2 Å². The van der Waals surface area contributed by atoms with Gasteiger partial charge in [0.1, 0.15) is 0 Å². The van der Waals surface area contributed by atoms with E-state index in [0.717, 1.165) is 35.8 Å². The summed E-state index contributed by atoms with van der Waals surface area (Å²) in [6.07, 6.45) is 2.49. The van der Waals surface area contributed by atoms with Gasteiger partial charge < -0.3 is 5.32 Å². The molecule has 0 saturated carbocycles. The summed E-state index contributed by atoms with van der Waals surface area (Å²) < 4.78 is 2.87. The van der Waals surface area contributed by atoms with E-state index in [1.807, 2.05) is 11.6 Å². The molecule has 4 nitrogen and oxygen atoms in total. The molecule has 2 rings (SSSR count). The number of piperidine rings is 1. The van der Waals surface area contributed by atoms with E-state index in [9.17, 15) is 0 Å². The van der Waals surface area contributed by atoms with Crippen LogP contribution < -0.4 is 5.32 Å². The van der Waals surface area contributed by atoms with Gasteiger partial charge in [-0.15, -0.1) is 5.10 Å². The van der Waals surface area contributed by atoms with Gasteiger partial charge in [0.2, 0.25) is 0 Å². The SMILES string of the molecule is Cc1c(Br)nnn1CC1CCNCC1. The highest BCUT2D eigenvalue weighted by molar-refractivity contribution is 9.10. The monoisotopic (exact) mass is 258 g/mol. The van der Waals surface area contributed by atoms with Crippen molar-refractivity contribution in [1.82, 2.24) is 20.3 Å². The van der Waals surface area contributed by atoms with Crippen molar-refractivity contribution >= 4 is 15.9 Å². The lowest BCUT2D eigenvalue weighted by molar-refractivity contribution is 0.316. The van der Waals surface area contributed by atoms with Crippen molar-refractivity contribution in [2.75, 3.05) is 13.1 Å². The third-order valence-corrected chi connectivity index (χ3v) is 3.55. The van der Waals surface area contributed by atoms with Crippen LogP contribution in [0.4, 0.5) is 0 Å². The molecule has 1 aliphatic heterocycles. The minimum absolute atomic E-state index is 0.753. The molecular formula is C9H15BrN4. The molecule has 1 saturated heterocycles. The summed E-state index contributed by atoms with van der Waals surface area (Å²) in [7, 11) is 0. The third kappa shape index (κ3) is 2.15. The van der Waals surface area contributed by atoms with Gasteiger partial charge in [-0.1, -0.05) is 5.21 Å². The fraction of sp³-hybridized carbons (Fsp3) is 0.778. The summed E-state index contributed by atoms with van der Waals surface area (Å²) in [5, 5.41) is 11.5. The van der Waals surface area contributed by atoms with E-state index in [0.29, 0.717) is 0 Å². The Morgan fingerprint density at radius 2 is 2.21 bits per heavy atom. The van der Waals surface area contributed by atoms with Crippen LogP contribution in [0.5, 0.6) is 0 Å². The topological polar surface area (TPSA) is 42.7 Å². The zero-order valence-corrected chi connectivity index (χ0v) is 9.92. The number of nitrogens with zero attached hydrogens (tertiary/aromatic N) is 3. The molecule has 0 spiro atoms. The van der Waals surface area contributed by atoms with E-state index in [4.69, 9.17) is 0 Å². The quantitative estimate of drug-likeness (QED) is 0.871. The summed E-state index contributed by atoms with van der Waals surface area (Å²) in [6, 6.07) is 0. The summed E-state index contributed by atoms with van der Waals surface area (Å²) >= 11 is 3.37. The largest absolute Gasteiger partial charge is 0.317 e. The third-order valence-electron chi connectivity index (χ3n) is 2.82. The summed E-state index contributed by atoms with van der Waals surface area (Å²) in [5.74, 6) is 0.753. The van der Waals surface area contributed by atoms with Crippen molar-refractivity contribution in [3.8, 4) is 0 Å². The Balaban J connectivity index is 1.99. The molecule has 1 fully saturated rings. The Morgan fingerprint density at radius 1 is 1.50 bits per heavy atom. The number of aromatic nitrogens is 3. The van der Waals surface area contributed by atoms with Crippen LogP contribution in [0.2, 0.25) is 0 Å². The zero-order chi connectivity index (χ0) is 9.97. The van der Waals surface area contributed by atoms with Crippen molar-refractivity contribution in [2.24, 2.45) is 5.92 Å². The van der Waals surface area contributed by atoms with Crippen molar-refractivity contribution in [2.45, 2.75) is 26.3 Å². The molecule has 0 aromatic carbocycles. The maximum absolute atomic E-state index is 4.11. The van der Waals surface area contributed by atoms with E-state index in [1.54, 1.807) is 0 Å². The van der Waals surface area contributed by atoms with Crippen LogP contribution in [0.1, 0.15) is 18.5 Å². The molecule has 14 heavy (non-hydrogen) atoms. The summed E-state index contributed by atoms with van der Waals surface area (Å²) in [4.78, 5) is 0. The number of hydrogen-bond donors (Lipinski definition) is 1. The highest BCUT2D eigenvalue weighted by atomic mass is 79.9. The second-order valence-corrected chi connectivity index (χ2v) is 4.59. The first-order valence-corrected chi connectivity index (χ1v) is 5.83. The van der Waals surface area contributed by atoms with Crippen LogP contribution in [0.15, 0.2) is 4.60 Å². The van der Waals surface area contributed by atoms with Gasteiger partial charge in [-0.05, 0) is 54.7 Å². The maximum Gasteiger partial charge on any atom is 0.151 e. The number of nitrogens with one attached hydrogen (secondary N) is 1. The molecule has 5 heteroatoms. The first-order chi connectivity index (χ1) is 6.77. The summed E-state index contributed by atoms with van der Waals surface area (Å²) in [5.41, 5.74) is 1.13. The van der Waals surface area contributed by atoms with E-state index < -0.39 is 0 Å². The molecule has 2 heterocycles. The highest BCUT2D eigenvalue weighted by Crippen LogP contribution is 2.17. The lowest BCUT2D eigenvalue weighted by Crippen LogP contribution is -2.30. The van der Waals surface area contributed by atoms with Crippen molar-refractivity contribution in [1.29, 1.82) is 0 Å². The van der Waals surface area contributed by atoms with E-state index in [-0.39, 0.29) is 0 Å². The Bertz CT molecular complexity index is 304. The van der Waals surface area contributed by atoms with Gasteiger partial charge in [0.25, 0.3) is 0 Å². The molecule has 1 aromatic heterocycles. The molecule has 0 aliphatic carbocycles. The molecule has 0 atom stereocenters. The minimum Gasteiger partial charge on any atom is -0.317 e. The van der Waals surface area contributed by atoms with Crippen LogP contribution in [-0.4, -0.2) is 28.1 Å². The summed E-state index contributed by atoms with van der Waals surface area (Å²) in [6.45, 7) is 5.33. The average molecular weight is 259 g/mol. The number of hydrogen-bond acceptors (Lipinski definition) is 3. The Hall–Kier alpha value is -0.420. The maximum atomic E-state index is 4.11. The Morgan fingerprint density at radius 3 is 2.79 bits per heavy atom. The van der Waals surface area contributed by atoms with Crippen LogP contribution in [-0.2, 0) is 6.54 Å². The zero-order valence-electron chi connectivity index (χ0n) is 8.33. The fourth-order valence-electron chi connectivity index (χ4n) is 1.82. The normalized spacial score (nSPS) is 18.7. The minimum atomic E-state index is 0.753. The molecule has 1 aliphatic rings. The molecule has 1 N–H and O–H groups in total. The predicted molar refractivity (Wildman–Crippen MR) is 58.1 cm³/mol. The second-order valence-electron chi connectivity index (χ2n) is 3.84. The van der Waals surface area contributed by atoms with Gasteiger partial charge in [-0.2, -0.15) is 0 Å². The average Bonchev–Trinajstić information content (AvgIpc) is 2.52. The molecule has 0 bridgehead atoms. The van der Waals surface area contributed by atoms with Crippen molar-refractivity contribution in [3.05, 3.63) is 10.3 Å². The smallest absolute Gasteiger partial charge is 0.151 e. The fourth-order valence-corrected chi connectivity index (χ4v) is 2.10. The van der Waals surface area contributed by atoms with Gasteiger partial charge in [0.05, 0.1) is 5.69 Å². The van der Waals surface area contributed by atoms with Gasteiger partial charge in [0.15, 0.2) is 4.60 Å². The molecule has 78 valence electrons. The van der Waals surface area contributed by atoms with E-state index in [2.05, 4.69) is 31.6 Å². The van der Waals surface area contributed by atoms with Crippen LogP contribution in [0.25, 0.3) is 0 Å². The lowest BCUT2D eigenvalue weighted by atomic mass is 9.98. The number of rotatable bonds is 2. The van der Waals surface area contributed by atoms with Crippen LogP contribution >= 0.6 is 15.9 Å². The standard InChI is InChI=1S/C9H15BrN4/c1-7-9(10)12-13-14(7)6-8-2-4-11-5-3-8/h8,11H,2-6H2,1H3. The van der Waals surface area contributed by atoms with Crippen molar-refractivity contribution in [3.63, 3.8) is 0 Å². The van der Waals surface area contributed by atoms with Crippen LogP contribution in [0, 0.1) is 12.8 Å². The lowest BCUT2D eigenvalue weighted by Gasteiger charge is -2.22. The molecule has 0 radical (unpaired) electrons. The first kappa shape index (κ1) is 10.1. The second kappa shape index (κ2) is 4.40. The first-order valence-electron chi connectivity index (χ1n) is 5.03. The van der Waals surface area contributed by atoms with E-state index >= 15 is 0 Å². The number of halogens is 1.